The molecule has 0 spiro atoms. The van der Waals surface area contributed by atoms with Crippen molar-refractivity contribution in [2.24, 2.45) is 0 Å². The summed E-state index contributed by atoms with van der Waals surface area (Å²) >= 11 is 0. The van der Waals surface area contributed by atoms with Crippen LogP contribution >= 0.6 is 0 Å². The van der Waals surface area contributed by atoms with Crippen LogP contribution in [-0.2, 0) is 6.61 Å². The highest BCUT2D eigenvalue weighted by Gasteiger charge is 1.85. The molecule has 0 saturated carbocycles. The zero-order valence-corrected chi connectivity index (χ0v) is 4.80. The topological polar surface area (TPSA) is 23.1 Å². The molecule has 0 aliphatic carbocycles. The summed E-state index contributed by atoms with van der Waals surface area (Å²) in [7, 11) is 0. The lowest BCUT2D eigenvalue weighted by molar-refractivity contribution is -0.386. The molecule has 0 unspecified atom stereocenters. The van der Waals surface area contributed by atoms with E-state index in [4.69, 9.17) is 0 Å². The minimum Gasteiger partial charge on any atom is -0.851 e. The molecule has 0 aliphatic rings. The van der Waals surface area contributed by atoms with E-state index in [1.54, 1.807) is 0 Å². The third-order valence-electron chi connectivity index (χ3n) is 1.08. The maximum absolute atomic E-state index is 12.1. The van der Waals surface area contributed by atoms with Crippen LogP contribution in [0.2, 0.25) is 0 Å². The molecule has 0 aliphatic heterocycles. The van der Waals surface area contributed by atoms with E-state index in [2.05, 4.69) is 0 Å². The van der Waals surface area contributed by atoms with Crippen LogP contribution in [0.3, 0.4) is 0 Å². The summed E-state index contributed by atoms with van der Waals surface area (Å²) < 4.78 is 12.1. The zero-order chi connectivity index (χ0) is 6.69. The average molecular weight is 125 g/mol. The second kappa shape index (κ2) is 2.60. The third-order valence-corrected chi connectivity index (χ3v) is 1.08. The van der Waals surface area contributed by atoms with Crippen molar-refractivity contribution >= 4 is 0 Å². The maximum atomic E-state index is 12.1. The van der Waals surface area contributed by atoms with E-state index in [1.165, 1.54) is 24.3 Å². The van der Waals surface area contributed by atoms with Crippen LogP contribution < -0.4 is 5.11 Å². The van der Waals surface area contributed by atoms with Crippen LogP contribution in [0.1, 0.15) is 5.56 Å². The molecule has 0 fully saturated rings. The monoisotopic (exact) mass is 125 g/mol. The molecule has 1 aromatic rings. The van der Waals surface area contributed by atoms with E-state index in [0.29, 0.717) is 5.56 Å². The molecule has 2 heteroatoms. The highest BCUT2D eigenvalue weighted by molar-refractivity contribution is 5.14. The summed E-state index contributed by atoms with van der Waals surface area (Å²) in [4.78, 5) is 0. The number of hydrogen-bond donors (Lipinski definition) is 0. The van der Waals surface area contributed by atoms with Crippen molar-refractivity contribution < 1.29 is 9.50 Å². The Bertz CT molecular complexity index is 181. The molecule has 48 valence electrons. The molecule has 1 rings (SSSR count). The highest BCUT2D eigenvalue weighted by Crippen LogP contribution is 2.00. The molecule has 1 aromatic carbocycles. The van der Waals surface area contributed by atoms with Crippen molar-refractivity contribution in [3.8, 4) is 0 Å². The van der Waals surface area contributed by atoms with Crippen LogP contribution in [0.5, 0.6) is 0 Å². The Labute approximate surface area is 52.8 Å². The second-order valence-corrected chi connectivity index (χ2v) is 1.77. The zero-order valence-electron chi connectivity index (χ0n) is 4.80. The minimum atomic E-state index is -0.299. The molecule has 0 aromatic heterocycles. The fourth-order valence-corrected chi connectivity index (χ4v) is 0.581. The fraction of sp³-hybridized carbons (Fsp3) is 0.143. The molecule has 0 bridgehead atoms. The molecule has 0 atom stereocenters. The van der Waals surface area contributed by atoms with Gasteiger partial charge in [-0.2, -0.15) is 0 Å². The first-order valence-electron chi connectivity index (χ1n) is 2.65. The fourth-order valence-electron chi connectivity index (χ4n) is 0.581. The average Bonchev–Trinajstić information content (AvgIpc) is 1.90. The van der Waals surface area contributed by atoms with Gasteiger partial charge in [-0.25, -0.2) is 4.39 Å². The molecule has 0 saturated heterocycles. The first-order chi connectivity index (χ1) is 4.33. The molecule has 0 amide bonds. The Morgan fingerprint density at radius 2 is 1.78 bits per heavy atom. The van der Waals surface area contributed by atoms with E-state index in [0.717, 1.165) is 0 Å². The molecule has 0 N–H and O–H groups in total. The normalized spacial score (nSPS) is 9.56. The van der Waals surface area contributed by atoms with E-state index in [-0.39, 0.29) is 12.4 Å². The summed E-state index contributed by atoms with van der Waals surface area (Å²) in [6, 6.07) is 5.55. The predicted octanol–water partition coefficient (Wildman–Crippen LogP) is 0.686. The Hall–Kier alpha value is -0.890. The lowest BCUT2D eigenvalue weighted by Crippen LogP contribution is -2.01. The van der Waals surface area contributed by atoms with E-state index >= 15 is 0 Å². The van der Waals surface area contributed by atoms with Gasteiger partial charge in [-0.1, -0.05) is 17.7 Å². The molecule has 0 radical (unpaired) electrons. The van der Waals surface area contributed by atoms with E-state index in [9.17, 15) is 9.50 Å². The summed E-state index contributed by atoms with van der Waals surface area (Å²) in [5.74, 6) is -0.299. The van der Waals surface area contributed by atoms with Crippen molar-refractivity contribution in [2.75, 3.05) is 0 Å². The number of halogens is 1. The van der Waals surface area contributed by atoms with Crippen molar-refractivity contribution in [3.05, 3.63) is 35.6 Å². The van der Waals surface area contributed by atoms with Gasteiger partial charge < -0.3 is 5.11 Å². The Kier molecular flexibility index (Phi) is 1.80. The standard InChI is InChI=1S/C7H6FO/c8-7-3-1-6(5-9)2-4-7/h1-4H,5H2/q-1. The van der Waals surface area contributed by atoms with Crippen LogP contribution in [0.4, 0.5) is 4.39 Å². The summed E-state index contributed by atoms with van der Waals surface area (Å²) in [6.07, 6.45) is 0. The highest BCUT2D eigenvalue weighted by atomic mass is 19.1. The number of benzene rings is 1. The SMILES string of the molecule is [O-]Cc1ccc(F)cc1. The molecule has 0 heterocycles. The van der Waals surface area contributed by atoms with Crippen LogP contribution in [0, 0.1) is 5.82 Å². The summed E-state index contributed by atoms with van der Waals surface area (Å²) in [6.45, 7) is -0.278. The smallest absolute Gasteiger partial charge is 0.123 e. The quantitative estimate of drug-likeness (QED) is 0.541. The molecular formula is C7H6FO-. The Balaban J connectivity index is 2.88. The van der Waals surface area contributed by atoms with Crippen LogP contribution in [-0.4, -0.2) is 0 Å². The van der Waals surface area contributed by atoms with Gasteiger partial charge in [-0.05, 0) is 12.1 Å². The lowest BCUT2D eigenvalue weighted by atomic mass is 10.2. The van der Waals surface area contributed by atoms with Gasteiger partial charge in [0.05, 0.1) is 0 Å². The van der Waals surface area contributed by atoms with Gasteiger partial charge in [0.15, 0.2) is 0 Å². The Morgan fingerprint density at radius 3 is 2.22 bits per heavy atom. The third kappa shape index (κ3) is 1.50. The first kappa shape index (κ1) is 6.23. The van der Waals surface area contributed by atoms with E-state index < -0.39 is 0 Å². The van der Waals surface area contributed by atoms with Crippen molar-refractivity contribution in [2.45, 2.75) is 6.61 Å². The van der Waals surface area contributed by atoms with Crippen molar-refractivity contribution in [1.29, 1.82) is 0 Å². The molecule has 9 heavy (non-hydrogen) atoms. The van der Waals surface area contributed by atoms with E-state index in [1.807, 2.05) is 0 Å². The summed E-state index contributed by atoms with van der Waals surface area (Å²) in [5.41, 5.74) is 0.622. The van der Waals surface area contributed by atoms with Gasteiger partial charge >= 0.3 is 0 Å². The van der Waals surface area contributed by atoms with Gasteiger partial charge in [0.1, 0.15) is 5.82 Å². The van der Waals surface area contributed by atoms with Crippen LogP contribution in [0.25, 0.3) is 0 Å². The second-order valence-electron chi connectivity index (χ2n) is 1.77. The first-order valence-corrected chi connectivity index (χ1v) is 2.65. The van der Waals surface area contributed by atoms with Gasteiger partial charge in [-0.15, -0.1) is 6.61 Å². The van der Waals surface area contributed by atoms with Gasteiger partial charge in [-0.3, -0.25) is 0 Å². The Morgan fingerprint density at radius 1 is 1.22 bits per heavy atom. The van der Waals surface area contributed by atoms with Gasteiger partial charge in [0, 0.05) is 0 Å². The van der Waals surface area contributed by atoms with Crippen molar-refractivity contribution in [1.82, 2.24) is 0 Å². The van der Waals surface area contributed by atoms with Crippen molar-refractivity contribution in [3.63, 3.8) is 0 Å². The number of rotatable bonds is 1. The minimum absolute atomic E-state index is 0.278. The largest absolute Gasteiger partial charge is 0.851 e. The van der Waals surface area contributed by atoms with Gasteiger partial charge in [0.2, 0.25) is 0 Å². The van der Waals surface area contributed by atoms with Gasteiger partial charge in [0.25, 0.3) is 0 Å². The van der Waals surface area contributed by atoms with Crippen LogP contribution in [0.15, 0.2) is 24.3 Å². The predicted molar refractivity (Wildman–Crippen MR) is 30.1 cm³/mol. The molecule has 1 nitrogen and oxygen atoms in total. The lowest BCUT2D eigenvalue weighted by Gasteiger charge is -2.01. The maximum Gasteiger partial charge on any atom is 0.123 e. The number of hydrogen-bond acceptors (Lipinski definition) is 1. The molecular weight excluding hydrogens is 119 g/mol. The summed E-state index contributed by atoms with van der Waals surface area (Å²) in [5, 5.41) is 10.1.